The highest BCUT2D eigenvalue weighted by molar-refractivity contribution is 5.89. The van der Waals surface area contributed by atoms with E-state index in [2.05, 4.69) is 5.32 Å². The van der Waals surface area contributed by atoms with Gasteiger partial charge in [0.25, 0.3) is 0 Å². The number of aryl methyl sites for hydroxylation is 1. The molecular weight excluding hydrogens is 319 g/mol. The van der Waals surface area contributed by atoms with Gasteiger partial charge in [0.1, 0.15) is 11.6 Å². The number of hydrogen-bond donors (Lipinski definition) is 1. The quantitative estimate of drug-likeness (QED) is 0.830. The van der Waals surface area contributed by atoms with E-state index in [4.69, 9.17) is 4.74 Å². The Balaban J connectivity index is 2.03. The molecule has 0 aromatic heterocycles. The number of carbonyl (C=O) groups excluding carboxylic acids is 1. The Hall–Kier alpha value is -2.56. The van der Waals surface area contributed by atoms with E-state index in [1.807, 2.05) is 38.1 Å². The molecule has 2 rings (SSSR count). The zero-order valence-electron chi connectivity index (χ0n) is 15.2. The number of benzene rings is 2. The number of rotatable bonds is 6. The average molecular weight is 344 g/mol. The van der Waals surface area contributed by atoms with Crippen LogP contribution >= 0.6 is 0 Å². The first-order chi connectivity index (χ1) is 11.9. The van der Waals surface area contributed by atoms with Gasteiger partial charge in [0.2, 0.25) is 0 Å². The standard InChI is InChI=1S/C20H25FN2O2/c1-5-23(15(3)12-16-7-10-18(25-4)11-8-16)20(24)22-17-9-6-14(2)19(21)13-17/h6-11,13,15H,5,12H2,1-4H3,(H,22,24). The number of hydrogen-bond acceptors (Lipinski definition) is 2. The third-order valence-corrected chi connectivity index (χ3v) is 4.25. The maximum absolute atomic E-state index is 13.6. The monoisotopic (exact) mass is 344 g/mol. The fraction of sp³-hybridized carbons (Fsp3) is 0.350. The third kappa shape index (κ3) is 4.95. The summed E-state index contributed by atoms with van der Waals surface area (Å²) in [6.07, 6.45) is 0.730. The second kappa shape index (κ2) is 8.51. The van der Waals surface area contributed by atoms with E-state index in [1.54, 1.807) is 31.1 Å². The molecule has 2 aromatic carbocycles. The van der Waals surface area contributed by atoms with Gasteiger partial charge in [0, 0.05) is 18.3 Å². The van der Waals surface area contributed by atoms with Gasteiger partial charge >= 0.3 is 6.03 Å². The molecule has 1 unspecified atom stereocenters. The molecule has 0 saturated heterocycles. The highest BCUT2D eigenvalue weighted by Crippen LogP contribution is 2.17. The fourth-order valence-corrected chi connectivity index (χ4v) is 2.73. The molecule has 134 valence electrons. The second-order valence-electron chi connectivity index (χ2n) is 6.08. The number of ether oxygens (including phenoxy) is 1. The first-order valence-electron chi connectivity index (χ1n) is 8.41. The van der Waals surface area contributed by atoms with Crippen molar-refractivity contribution in [1.29, 1.82) is 0 Å². The lowest BCUT2D eigenvalue weighted by molar-refractivity contribution is 0.196. The molecule has 2 aromatic rings. The number of nitrogens with zero attached hydrogens (tertiary/aromatic N) is 1. The summed E-state index contributed by atoms with van der Waals surface area (Å²) in [7, 11) is 1.63. The van der Waals surface area contributed by atoms with Crippen LogP contribution in [-0.4, -0.2) is 30.6 Å². The Bertz CT molecular complexity index is 716. The Morgan fingerprint density at radius 2 is 1.92 bits per heavy atom. The highest BCUT2D eigenvalue weighted by atomic mass is 19.1. The average Bonchev–Trinajstić information content (AvgIpc) is 2.59. The van der Waals surface area contributed by atoms with Crippen molar-refractivity contribution in [3.05, 3.63) is 59.4 Å². The maximum atomic E-state index is 13.6. The van der Waals surface area contributed by atoms with Crippen molar-refractivity contribution in [1.82, 2.24) is 4.90 Å². The summed E-state index contributed by atoms with van der Waals surface area (Å²) in [4.78, 5) is 14.3. The number of methoxy groups -OCH3 is 1. The summed E-state index contributed by atoms with van der Waals surface area (Å²) in [5, 5.41) is 2.77. The smallest absolute Gasteiger partial charge is 0.322 e. The van der Waals surface area contributed by atoms with Crippen molar-refractivity contribution in [2.45, 2.75) is 33.2 Å². The summed E-state index contributed by atoms with van der Waals surface area (Å²) in [5.41, 5.74) is 2.14. The minimum Gasteiger partial charge on any atom is -0.497 e. The van der Waals surface area contributed by atoms with Crippen molar-refractivity contribution in [3.8, 4) is 5.75 Å². The predicted molar refractivity (Wildman–Crippen MR) is 98.7 cm³/mol. The SMILES string of the molecule is CCN(C(=O)Nc1ccc(C)c(F)c1)C(C)Cc1ccc(OC)cc1. The van der Waals surface area contributed by atoms with Crippen LogP contribution in [0.25, 0.3) is 0 Å². The lowest BCUT2D eigenvalue weighted by Gasteiger charge is -2.28. The third-order valence-electron chi connectivity index (χ3n) is 4.25. The molecule has 0 heterocycles. The molecule has 0 bridgehead atoms. The lowest BCUT2D eigenvalue weighted by atomic mass is 10.1. The van der Waals surface area contributed by atoms with Gasteiger partial charge in [-0.3, -0.25) is 0 Å². The van der Waals surface area contributed by atoms with Crippen LogP contribution in [0.5, 0.6) is 5.75 Å². The van der Waals surface area contributed by atoms with Gasteiger partial charge in [-0.25, -0.2) is 9.18 Å². The topological polar surface area (TPSA) is 41.6 Å². The number of carbonyl (C=O) groups is 1. The second-order valence-corrected chi connectivity index (χ2v) is 6.08. The number of urea groups is 1. The Morgan fingerprint density at radius 1 is 1.24 bits per heavy atom. The highest BCUT2D eigenvalue weighted by Gasteiger charge is 2.19. The number of anilines is 1. The summed E-state index contributed by atoms with van der Waals surface area (Å²) in [5.74, 6) is 0.482. The van der Waals surface area contributed by atoms with Crippen molar-refractivity contribution >= 4 is 11.7 Å². The van der Waals surface area contributed by atoms with E-state index in [1.165, 1.54) is 6.07 Å². The zero-order valence-corrected chi connectivity index (χ0v) is 15.2. The largest absolute Gasteiger partial charge is 0.497 e. The van der Waals surface area contributed by atoms with Crippen molar-refractivity contribution in [2.75, 3.05) is 19.0 Å². The van der Waals surface area contributed by atoms with Crippen LogP contribution in [0.3, 0.4) is 0 Å². The molecule has 0 saturated carbocycles. The van der Waals surface area contributed by atoms with Crippen LogP contribution in [0.15, 0.2) is 42.5 Å². The summed E-state index contributed by atoms with van der Waals surface area (Å²) in [6.45, 7) is 6.19. The molecule has 0 spiro atoms. The number of likely N-dealkylation sites (N-methyl/N-ethyl adjacent to an activating group) is 1. The number of nitrogens with one attached hydrogen (secondary N) is 1. The molecule has 0 aliphatic rings. The van der Waals surface area contributed by atoms with Gasteiger partial charge in [0.05, 0.1) is 7.11 Å². The van der Waals surface area contributed by atoms with Crippen molar-refractivity contribution < 1.29 is 13.9 Å². The normalized spacial score (nSPS) is 11.7. The van der Waals surface area contributed by atoms with E-state index < -0.39 is 0 Å². The minimum atomic E-state index is -0.327. The molecule has 0 aliphatic heterocycles. The van der Waals surface area contributed by atoms with Crippen molar-refractivity contribution in [3.63, 3.8) is 0 Å². The summed E-state index contributed by atoms with van der Waals surface area (Å²) < 4.78 is 18.8. The number of halogens is 1. The van der Waals surface area contributed by atoms with E-state index in [-0.39, 0.29) is 17.9 Å². The van der Waals surface area contributed by atoms with E-state index >= 15 is 0 Å². The zero-order chi connectivity index (χ0) is 18.4. The Labute approximate surface area is 148 Å². The molecule has 0 radical (unpaired) electrons. The van der Waals surface area contributed by atoms with Crippen LogP contribution in [0.1, 0.15) is 25.0 Å². The molecule has 2 amide bonds. The van der Waals surface area contributed by atoms with Gasteiger partial charge in [-0.2, -0.15) is 0 Å². The van der Waals surface area contributed by atoms with Gasteiger partial charge in [0.15, 0.2) is 0 Å². The fourth-order valence-electron chi connectivity index (χ4n) is 2.73. The van der Waals surface area contributed by atoms with Crippen LogP contribution in [0, 0.1) is 12.7 Å². The molecule has 1 atom stereocenters. The molecule has 4 nitrogen and oxygen atoms in total. The Kier molecular flexibility index (Phi) is 6.39. The van der Waals surface area contributed by atoms with Crippen LogP contribution < -0.4 is 10.1 Å². The van der Waals surface area contributed by atoms with Gasteiger partial charge < -0.3 is 15.0 Å². The maximum Gasteiger partial charge on any atom is 0.322 e. The van der Waals surface area contributed by atoms with E-state index in [9.17, 15) is 9.18 Å². The minimum absolute atomic E-state index is 0.00805. The molecule has 25 heavy (non-hydrogen) atoms. The van der Waals surface area contributed by atoms with Gasteiger partial charge in [-0.05, 0) is 62.6 Å². The summed E-state index contributed by atoms with van der Waals surface area (Å²) in [6, 6.07) is 12.3. The van der Waals surface area contributed by atoms with E-state index in [0.29, 0.717) is 17.8 Å². The number of amides is 2. The molecule has 0 fully saturated rings. The van der Waals surface area contributed by atoms with Crippen molar-refractivity contribution in [2.24, 2.45) is 0 Å². The van der Waals surface area contributed by atoms with Gasteiger partial charge in [-0.1, -0.05) is 18.2 Å². The molecule has 1 N–H and O–H groups in total. The molecule has 0 aliphatic carbocycles. The van der Waals surface area contributed by atoms with Crippen LogP contribution in [0.2, 0.25) is 0 Å². The lowest BCUT2D eigenvalue weighted by Crippen LogP contribution is -2.42. The first-order valence-corrected chi connectivity index (χ1v) is 8.41. The molecular formula is C20H25FN2O2. The Morgan fingerprint density at radius 3 is 2.48 bits per heavy atom. The van der Waals surface area contributed by atoms with Crippen LogP contribution in [-0.2, 0) is 6.42 Å². The predicted octanol–water partition coefficient (Wildman–Crippen LogP) is 4.63. The molecule has 5 heteroatoms. The first kappa shape index (κ1) is 18.8. The van der Waals surface area contributed by atoms with Gasteiger partial charge in [-0.15, -0.1) is 0 Å². The van der Waals surface area contributed by atoms with Crippen LogP contribution in [0.4, 0.5) is 14.9 Å². The summed E-state index contributed by atoms with van der Waals surface area (Å²) >= 11 is 0. The van der Waals surface area contributed by atoms with E-state index in [0.717, 1.165) is 17.7 Å².